The molecule has 2 amide bonds. The molecule has 0 saturated heterocycles. The molecule has 0 bridgehead atoms. The Morgan fingerprint density at radius 3 is 2.58 bits per heavy atom. The molecule has 10 heteroatoms. The first kappa shape index (κ1) is 23.9. The monoisotopic (exact) mass is 442 g/mol. The molecule has 0 radical (unpaired) electrons. The van der Waals surface area contributed by atoms with Gasteiger partial charge in [0.1, 0.15) is 15.3 Å². The number of carbonyl (C=O) groups excluding carboxylic acids is 2. The van der Waals surface area contributed by atoms with Gasteiger partial charge in [-0.2, -0.15) is 5.26 Å². The van der Waals surface area contributed by atoms with Crippen LogP contribution in [0.2, 0.25) is 0 Å². The van der Waals surface area contributed by atoms with Crippen LogP contribution in [0.4, 0.5) is 11.4 Å². The molecular formula is C21H26N6O3S. The van der Waals surface area contributed by atoms with Gasteiger partial charge < -0.3 is 20.9 Å². The van der Waals surface area contributed by atoms with E-state index in [9.17, 15) is 19.6 Å². The van der Waals surface area contributed by atoms with E-state index in [1.54, 1.807) is 43.0 Å². The van der Waals surface area contributed by atoms with Crippen LogP contribution in [0, 0.1) is 11.3 Å². The summed E-state index contributed by atoms with van der Waals surface area (Å²) >= 11 is 1.08. The summed E-state index contributed by atoms with van der Waals surface area (Å²) in [6.45, 7) is 4.52. The van der Waals surface area contributed by atoms with Gasteiger partial charge in [0.2, 0.25) is 5.91 Å². The molecule has 0 spiro atoms. The zero-order valence-corrected chi connectivity index (χ0v) is 18.8. The van der Waals surface area contributed by atoms with Crippen molar-refractivity contribution in [1.82, 2.24) is 14.8 Å². The van der Waals surface area contributed by atoms with E-state index in [1.807, 2.05) is 20.2 Å². The van der Waals surface area contributed by atoms with Crippen LogP contribution in [-0.2, 0) is 16.1 Å². The number of likely N-dealkylation sites (N-methyl/N-ethyl adjacent to an activating group) is 1. The molecule has 1 aromatic heterocycles. The van der Waals surface area contributed by atoms with Crippen LogP contribution >= 0.6 is 11.3 Å². The average molecular weight is 443 g/mol. The molecule has 9 nitrogen and oxygen atoms in total. The number of nitrogens with one attached hydrogen (secondary N) is 3. The Kier molecular flexibility index (Phi) is 8.54. The first-order valence-corrected chi connectivity index (χ1v) is 10.6. The third kappa shape index (κ3) is 6.28. The molecule has 0 unspecified atom stereocenters. The van der Waals surface area contributed by atoms with Gasteiger partial charge in [-0.15, -0.1) is 11.3 Å². The Bertz CT molecular complexity index is 1170. The molecular weight excluding hydrogens is 416 g/mol. The zero-order valence-electron chi connectivity index (χ0n) is 18.0. The van der Waals surface area contributed by atoms with Crippen molar-refractivity contribution >= 4 is 46.3 Å². The fourth-order valence-electron chi connectivity index (χ4n) is 2.76. The molecule has 0 atom stereocenters. The summed E-state index contributed by atoms with van der Waals surface area (Å²) in [5.41, 5.74) is 0.922. The third-order valence-corrected chi connectivity index (χ3v) is 5.22. The quantitative estimate of drug-likeness (QED) is 0.533. The van der Waals surface area contributed by atoms with Crippen molar-refractivity contribution in [2.75, 3.05) is 37.8 Å². The number of hydrogen-bond donors (Lipinski definition) is 3. The Hall–Kier alpha value is -3.42. The summed E-state index contributed by atoms with van der Waals surface area (Å²) < 4.78 is 2.08. The van der Waals surface area contributed by atoms with Gasteiger partial charge in [-0.3, -0.25) is 19.0 Å². The Morgan fingerprint density at radius 2 is 1.97 bits per heavy atom. The van der Waals surface area contributed by atoms with E-state index in [1.165, 1.54) is 10.8 Å². The van der Waals surface area contributed by atoms with Crippen molar-refractivity contribution < 1.29 is 9.59 Å². The molecule has 2 aromatic rings. The molecule has 0 aliphatic carbocycles. The molecule has 3 N–H and O–H groups in total. The van der Waals surface area contributed by atoms with E-state index < -0.39 is 5.91 Å². The van der Waals surface area contributed by atoms with Crippen molar-refractivity contribution in [2.45, 2.75) is 20.4 Å². The van der Waals surface area contributed by atoms with Gasteiger partial charge >= 0.3 is 0 Å². The topological polar surface area (TPSA) is 119 Å². The van der Waals surface area contributed by atoms with Crippen LogP contribution in [0.3, 0.4) is 0 Å². The van der Waals surface area contributed by atoms with Crippen LogP contribution in [0.5, 0.6) is 0 Å². The summed E-state index contributed by atoms with van der Waals surface area (Å²) in [7, 11) is 3.62. The molecule has 0 aliphatic rings. The lowest BCUT2D eigenvalue weighted by atomic mass is 10.2. The zero-order chi connectivity index (χ0) is 23.0. The van der Waals surface area contributed by atoms with E-state index in [2.05, 4.69) is 16.0 Å². The van der Waals surface area contributed by atoms with Crippen molar-refractivity contribution in [3.63, 3.8) is 0 Å². The van der Waals surface area contributed by atoms with Gasteiger partial charge in [0, 0.05) is 30.7 Å². The number of nitriles is 1. The predicted octanol–water partition coefficient (Wildman–Crippen LogP) is 0.0903. The number of anilines is 2. The minimum atomic E-state index is -0.505. The summed E-state index contributed by atoms with van der Waals surface area (Å²) in [5.74, 6) is -0.640. The van der Waals surface area contributed by atoms with Gasteiger partial charge in [0.25, 0.3) is 11.5 Å². The van der Waals surface area contributed by atoms with Crippen LogP contribution in [0.15, 0.2) is 29.1 Å². The Labute approximate surface area is 184 Å². The van der Waals surface area contributed by atoms with Crippen LogP contribution in [0.25, 0.3) is 11.8 Å². The maximum Gasteiger partial charge on any atom is 0.270 e. The van der Waals surface area contributed by atoms with Crippen molar-refractivity contribution in [2.24, 2.45) is 0 Å². The maximum atomic E-state index is 12.7. The molecule has 0 saturated carbocycles. The lowest BCUT2D eigenvalue weighted by Crippen LogP contribution is -2.34. The molecule has 0 aliphatic heterocycles. The third-order valence-electron chi connectivity index (χ3n) is 4.09. The molecule has 31 heavy (non-hydrogen) atoms. The SMILES string of the molecule is CCNC(=O)/C(C#N)=c1\s/c(=C/Nc2cccc(NC(=O)CN(C)C)c2)c(=O)n1CC. The first-order chi connectivity index (χ1) is 14.8. The number of thiazole rings is 1. The summed E-state index contributed by atoms with van der Waals surface area (Å²) in [6.07, 6.45) is 1.54. The second-order valence-corrected chi connectivity index (χ2v) is 7.85. The summed E-state index contributed by atoms with van der Waals surface area (Å²) in [4.78, 5) is 38.6. The second-order valence-electron chi connectivity index (χ2n) is 6.82. The summed E-state index contributed by atoms with van der Waals surface area (Å²) in [6, 6.07) is 9.01. The normalized spacial score (nSPS) is 12.3. The molecule has 1 heterocycles. The van der Waals surface area contributed by atoms with Gasteiger partial charge in [-0.25, -0.2) is 0 Å². The summed E-state index contributed by atoms with van der Waals surface area (Å²) in [5, 5.41) is 17.9. The lowest BCUT2D eigenvalue weighted by molar-refractivity contribution is -0.117. The number of carbonyl (C=O) groups is 2. The molecule has 0 fully saturated rings. The van der Waals surface area contributed by atoms with Gasteiger partial charge in [0.15, 0.2) is 5.57 Å². The van der Waals surface area contributed by atoms with E-state index in [0.717, 1.165) is 11.3 Å². The van der Waals surface area contributed by atoms with E-state index in [0.29, 0.717) is 33.7 Å². The standard InChI is InChI=1S/C21H26N6O3S/c1-5-23-19(29)16(11-22)21-27(6-2)20(30)17(31-21)12-24-14-8-7-9-15(10-14)25-18(28)13-26(3)4/h7-10,12,24H,5-6,13H2,1-4H3,(H,23,29)(H,25,28)/b17-12+,21-16-. The number of hydrogen-bond acceptors (Lipinski definition) is 7. The van der Waals surface area contributed by atoms with Gasteiger partial charge in [-0.1, -0.05) is 6.07 Å². The molecule has 164 valence electrons. The number of rotatable bonds is 8. The minimum Gasteiger partial charge on any atom is -0.360 e. The maximum absolute atomic E-state index is 12.7. The average Bonchev–Trinajstić information content (AvgIpc) is 3.02. The second kappa shape index (κ2) is 11.1. The van der Waals surface area contributed by atoms with Crippen LogP contribution < -0.4 is 30.7 Å². The highest BCUT2D eigenvalue weighted by Gasteiger charge is 2.14. The fourth-order valence-corrected chi connectivity index (χ4v) is 3.85. The first-order valence-electron chi connectivity index (χ1n) is 9.74. The van der Waals surface area contributed by atoms with E-state index in [-0.39, 0.29) is 23.6 Å². The van der Waals surface area contributed by atoms with Crippen molar-refractivity contribution in [3.8, 4) is 6.07 Å². The largest absolute Gasteiger partial charge is 0.360 e. The van der Waals surface area contributed by atoms with E-state index in [4.69, 9.17) is 0 Å². The highest BCUT2D eigenvalue weighted by molar-refractivity contribution is 7.07. The molecule has 1 aromatic carbocycles. The smallest absolute Gasteiger partial charge is 0.270 e. The highest BCUT2D eigenvalue weighted by Crippen LogP contribution is 2.15. The Morgan fingerprint density at radius 1 is 1.26 bits per heavy atom. The number of aromatic nitrogens is 1. The van der Waals surface area contributed by atoms with E-state index >= 15 is 0 Å². The number of nitrogens with zero attached hydrogens (tertiary/aromatic N) is 3. The van der Waals surface area contributed by atoms with Gasteiger partial charge in [0.05, 0.1) is 6.54 Å². The lowest BCUT2D eigenvalue weighted by Gasteiger charge is -2.10. The fraction of sp³-hybridized carbons (Fsp3) is 0.333. The highest BCUT2D eigenvalue weighted by atomic mass is 32.1. The van der Waals surface area contributed by atoms with Crippen LogP contribution in [0.1, 0.15) is 13.8 Å². The predicted molar refractivity (Wildman–Crippen MR) is 123 cm³/mol. The van der Waals surface area contributed by atoms with Crippen molar-refractivity contribution in [1.29, 1.82) is 5.26 Å². The van der Waals surface area contributed by atoms with Crippen LogP contribution in [-0.4, -0.2) is 48.5 Å². The number of benzene rings is 1. The van der Waals surface area contributed by atoms with Crippen molar-refractivity contribution in [3.05, 3.63) is 43.8 Å². The Balaban J connectivity index is 2.38. The minimum absolute atomic E-state index is 0.0870. The van der Waals surface area contributed by atoms with Gasteiger partial charge in [-0.05, 0) is 46.1 Å². The number of amides is 2. The molecule has 2 rings (SSSR count).